The van der Waals surface area contributed by atoms with Gasteiger partial charge in [0.05, 0.1) is 5.69 Å². The lowest BCUT2D eigenvalue weighted by Crippen LogP contribution is -2.27. The number of anilines is 3. The summed E-state index contributed by atoms with van der Waals surface area (Å²) in [6.07, 6.45) is 7.91. The highest BCUT2D eigenvalue weighted by Crippen LogP contribution is 2.51. The number of benzene rings is 2. The molecular formula is C29H31N7. The van der Waals surface area contributed by atoms with Gasteiger partial charge in [0.2, 0.25) is 11.9 Å². The number of aromatic nitrogens is 4. The van der Waals surface area contributed by atoms with Crippen LogP contribution in [0.15, 0.2) is 54.6 Å². The zero-order valence-corrected chi connectivity index (χ0v) is 20.3. The smallest absolute Gasteiger partial charge is 0.248 e. The third-order valence-corrected chi connectivity index (χ3v) is 8.26. The van der Waals surface area contributed by atoms with Crippen LogP contribution in [-0.2, 0) is 12.8 Å². The maximum Gasteiger partial charge on any atom is 0.248 e. The molecule has 8 rings (SSSR count). The second-order valence-corrected chi connectivity index (χ2v) is 10.6. The second-order valence-electron chi connectivity index (χ2n) is 10.6. The van der Waals surface area contributed by atoms with Crippen LogP contribution in [0.1, 0.15) is 66.3 Å². The van der Waals surface area contributed by atoms with Gasteiger partial charge in [0.15, 0.2) is 5.82 Å². The van der Waals surface area contributed by atoms with E-state index in [-0.39, 0.29) is 6.04 Å². The molecule has 0 radical (unpaired) electrons. The maximum atomic E-state index is 6.39. The summed E-state index contributed by atoms with van der Waals surface area (Å²) < 4.78 is 1.67. The van der Waals surface area contributed by atoms with Crippen molar-refractivity contribution in [2.45, 2.75) is 62.8 Å². The quantitative estimate of drug-likeness (QED) is 0.372. The highest BCUT2D eigenvalue weighted by atomic mass is 15.4. The Morgan fingerprint density at radius 3 is 2.50 bits per heavy atom. The monoisotopic (exact) mass is 477 g/mol. The molecule has 0 amide bonds. The molecule has 2 aromatic heterocycles. The van der Waals surface area contributed by atoms with Crippen LogP contribution in [-0.4, -0.2) is 25.8 Å². The van der Waals surface area contributed by atoms with Crippen molar-refractivity contribution in [1.82, 2.24) is 19.7 Å². The van der Waals surface area contributed by atoms with Crippen molar-refractivity contribution in [1.29, 1.82) is 0 Å². The van der Waals surface area contributed by atoms with Crippen LogP contribution >= 0.6 is 0 Å². The summed E-state index contributed by atoms with van der Waals surface area (Å²) in [7, 11) is 0. The molecule has 0 aliphatic heterocycles. The van der Waals surface area contributed by atoms with Crippen LogP contribution in [0, 0.1) is 0 Å². The first kappa shape index (κ1) is 21.6. The predicted octanol–water partition coefficient (Wildman–Crippen LogP) is 5.23. The van der Waals surface area contributed by atoms with Gasteiger partial charge in [-0.1, -0.05) is 36.4 Å². The molecule has 4 aliphatic carbocycles. The van der Waals surface area contributed by atoms with Crippen LogP contribution in [0.2, 0.25) is 0 Å². The van der Waals surface area contributed by atoms with E-state index in [1.165, 1.54) is 59.2 Å². The molecule has 4 aliphatic rings. The molecule has 0 spiro atoms. The van der Waals surface area contributed by atoms with E-state index < -0.39 is 0 Å². The molecule has 1 unspecified atom stereocenters. The Hall–Kier alpha value is -3.71. The number of fused-ring (bicyclic) bond motifs is 3. The number of aryl methyl sites for hydroxylation is 1. The Kier molecular flexibility index (Phi) is 5.06. The molecule has 1 saturated carbocycles. The topological polar surface area (TPSA) is 108 Å². The van der Waals surface area contributed by atoms with Gasteiger partial charge in [-0.3, -0.25) is 0 Å². The van der Waals surface area contributed by atoms with Crippen molar-refractivity contribution in [2.24, 2.45) is 5.73 Å². The molecule has 2 heterocycles. The molecule has 5 N–H and O–H groups in total. The fraction of sp³-hybridized carbons (Fsp3) is 0.345. The second kappa shape index (κ2) is 8.45. The van der Waals surface area contributed by atoms with Crippen molar-refractivity contribution in [3.8, 4) is 16.9 Å². The van der Waals surface area contributed by atoms with E-state index in [9.17, 15) is 0 Å². The molecule has 36 heavy (non-hydrogen) atoms. The zero-order chi connectivity index (χ0) is 24.2. The van der Waals surface area contributed by atoms with Crippen LogP contribution < -0.4 is 16.8 Å². The lowest BCUT2D eigenvalue weighted by molar-refractivity contribution is 0.351. The summed E-state index contributed by atoms with van der Waals surface area (Å²) in [4.78, 5) is 9.66. The molecule has 7 heteroatoms. The first-order valence-electron chi connectivity index (χ1n) is 13.1. The normalized spacial score (nSPS) is 22.2. The van der Waals surface area contributed by atoms with Gasteiger partial charge in [0, 0.05) is 17.6 Å². The minimum absolute atomic E-state index is 0.227. The SMILES string of the molecule is Nc1nc(Nc2ccc3c(c2)CC(N)CC3)nn1-c1cc(-c2ccccc2)c2c(n1)C1CCC2CC1. The van der Waals surface area contributed by atoms with Crippen molar-refractivity contribution in [3.63, 3.8) is 0 Å². The van der Waals surface area contributed by atoms with Gasteiger partial charge < -0.3 is 16.8 Å². The fourth-order valence-electron chi connectivity index (χ4n) is 6.46. The number of nitrogens with two attached hydrogens (primary N) is 2. The number of nitrogen functional groups attached to an aromatic ring is 1. The van der Waals surface area contributed by atoms with E-state index in [0.29, 0.717) is 23.7 Å². The van der Waals surface area contributed by atoms with Gasteiger partial charge >= 0.3 is 0 Å². The molecule has 2 bridgehead atoms. The van der Waals surface area contributed by atoms with Crippen LogP contribution in [0.3, 0.4) is 0 Å². The van der Waals surface area contributed by atoms with Gasteiger partial charge in [-0.05, 0) is 96.9 Å². The molecule has 0 saturated heterocycles. The summed E-state index contributed by atoms with van der Waals surface area (Å²) in [6, 6.07) is 19.4. The van der Waals surface area contributed by atoms with Gasteiger partial charge in [0.25, 0.3) is 0 Å². The number of hydrogen-bond donors (Lipinski definition) is 3. The van der Waals surface area contributed by atoms with Gasteiger partial charge in [0.1, 0.15) is 0 Å². The van der Waals surface area contributed by atoms with E-state index in [4.69, 9.17) is 21.5 Å². The van der Waals surface area contributed by atoms with Crippen molar-refractivity contribution < 1.29 is 0 Å². The maximum absolute atomic E-state index is 6.39. The Bertz CT molecular complexity index is 1430. The largest absolute Gasteiger partial charge is 0.368 e. The van der Waals surface area contributed by atoms with Crippen molar-refractivity contribution in [3.05, 3.63) is 77.0 Å². The number of hydrogen-bond acceptors (Lipinski definition) is 6. The van der Waals surface area contributed by atoms with Crippen molar-refractivity contribution >= 4 is 17.6 Å². The Morgan fingerprint density at radius 2 is 1.67 bits per heavy atom. The standard InChI is InChI=1S/C29H31N7/c30-22-12-10-17-11-13-23(15-21(17)14-22)32-29-34-28(31)36(35-29)25-16-24(18-4-2-1-3-5-18)26-19-6-8-20(9-7-19)27(26)33-25/h1-5,11,13,15-16,19-20,22H,6-10,12,14,30H2,(H3,31,32,34,35). The lowest BCUT2D eigenvalue weighted by Gasteiger charge is -2.39. The molecule has 182 valence electrons. The number of nitrogens with one attached hydrogen (secondary N) is 1. The van der Waals surface area contributed by atoms with Crippen LogP contribution in [0.5, 0.6) is 0 Å². The third-order valence-electron chi connectivity index (χ3n) is 8.26. The van der Waals surface area contributed by atoms with E-state index >= 15 is 0 Å². The molecule has 4 aromatic rings. The molecule has 1 atom stereocenters. The first-order valence-corrected chi connectivity index (χ1v) is 13.1. The Labute approximate surface area is 211 Å². The summed E-state index contributed by atoms with van der Waals surface area (Å²) in [5.74, 6) is 2.62. The number of rotatable bonds is 4. The summed E-state index contributed by atoms with van der Waals surface area (Å²) in [5.41, 5.74) is 21.3. The molecule has 7 nitrogen and oxygen atoms in total. The fourth-order valence-corrected chi connectivity index (χ4v) is 6.46. The van der Waals surface area contributed by atoms with Crippen LogP contribution in [0.25, 0.3) is 16.9 Å². The van der Waals surface area contributed by atoms with Crippen molar-refractivity contribution in [2.75, 3.05) is 11.1 Å². The van der Waals surface area contributed by atoms with E-state index in [1.807, 2.05) is 0 Å². The van der Waals surface area contributed by atoms with Gasteiger partial charge in [-0.15, -0.1) is 5.10 Å². The number of nitrogens with zero attached hydrogens (tertiary/aromatic N) is 4. The summed E-state index contributed by atoms with van der Waals surface area (Å²) in [6.45, 7) is 0. The molecular weight excluding hydrogens is 446 g/mol. The van der Waals surface area contributed by atoms with E-state index in [1.54, 1.807) is 4.68 Å². The molecule has 2 aromatic carbocycles. The Morgan fingerprint density at radius 1 is 0.861 bits per heavy atom. The average Bonchev–Trinajstić information content (AvgIpc) is 3.28. The summed E-state index contributed by atoms with van der Waals surface area (Å²) >= 11 is 0. The van der Waals surface area contributed by atoms with Gasteiger partial charge in [-0.2, -0.15) is 9.67 Å². The highest BCUT2D eigenvalue weighted by molar-refractivity contribution is 5.72. The summed E-state index contributed by atoms with van der Waals surface area (Å²) in [5, 5.41) is 8.07. The van der Waals surface area contributed by atoms with E-state index in [2.05, 4.69) is 64.9 Å². The van der Waals surface area contributed by atoms with Gasteiger partial charge in [-0.25, -0.2) is 4.98 Å². The minimum Gasteiger partial charge on any atom is -0.368 e. The number of pyridine rings is 1. The zero-order valence-electron chi connectivity index (χ0n) is 20.3. The highest BCUT2D eigenvalue weighted by Gasteiger charge is 2.36. The molecule has 1 fully saturated rings. The van der Waals surface area contributed by atoms with E-state index in [0.717, 1.165) is 30.8 Å². The van der Waals surface area contributed by atoms with Crippen LogP contribution in [0.4, 0.5) is 17.6 Å². The lowest BCUT2D eigenvalue weighted by atomic mass is 9.67. The third kappa shape index (κ3) is 3.66. The minimum atomic E-state index is 0.227. The predicted molar refractivity (Wildman–Crippen MR) is 143 cm³/mol. The Balaban J connectivity index is 1.27. The average molecular weight is 478 g/mol. The first-order chi connectivity index (χ1) is 17.6.